The van der Waals surface area contributed by atoms with E-state index in [-0.39, 0.29) is 45.5 Å². The summed E-state index contributed by atoms with van der Waals surface area (Å²) in [6.45, 7) is 11.5. The minimum Gasteiger partial charge on any atom is -0.412 e. The maximum atomic E-state index is 10.1. The molecule has 1 unspecified atom stereocenters. The molecule has 0 aliphatic carbocycles. The first kappa shape index (κ1) is 47.3. The monoisotopic (exact) mass is 568 g/mol. The number of aliphatic hydroxyl groups is 3. The molecule has 0 rings (SSSR count). The minimum absolute atomic E-state index is 0. The topological polar surface area (TPSA) is 92.2 Å². The molecule has 5 N–H and O–H groups in total. The van der Waals surface area contributed by atoms with Crippen molar-refractivity contribution in [1.82, 2.24) is 0 Å². The minimum atomic E-state index is -0.167. The van der Waals surface area contributed by atoms with Gasteiger partial charge in [-0.15, -0.1) is 0 Å². The van der Waals surface area contributed by atoms with Crippen molar-refractivity contribution in [2.45, 2.75) is 208 Å². The molecule has 228 valence electrons. The van der Waals surface area contributed by atoms with E-state index in [1.807, 2.05) is 0 Å². The van der Waals surface area contributed by atoms with Crippen molar-refractivity contribution >= 4 is 0 Å². The number of rotatable bonds is 23. The molecule has 37 heavy (non-hydrogen) atoms. The number of aliphatic hydroxyl groups excluding tert-OH is 3. The molecule has 1 atom stereocenters. The quantitative estimate of drug-likeness (QED) is 0.0847. The second-order valence-corrected chi connectivity index (χ2v) is 11.1. The van der Waals surface area contributed by atoms with Gasteiger partial charge in [0.1, 0.15) is 0 Å². The van der Waals surface area contributed by atoms with Gasteiger partial charge in [0, 0.05) is 33.9 Å². The molecule has 5 heteroatoms. The van der Waals surface area contributed by atoms with Crippen molar-refractivity contribution < 1.29 is 42.5 Å². The number of hydrogen-bond donors (Lipinski definition) is 3. The van der Waals surface area contributed by atoms with Crippen molar-refractivity contribution in [2.24, 2.45) is 0 Å². The van der Waals surface area contributed by atoms with Crippen LogP contribution in [0.1, 0.15) is 189 Å². The fourth-order valence-corrected chi connectivity index (χ4v) is 4.06. The van der Waals surface area contributed by atoms with Crippen LogP contribution in [0.5, 0.6) is 0 Å². The third-order valence-electron chi connectivity index (χ3n) is 6.03. The summed E-state index contributed by atoms with van der Waals surface area (Å²) in [5, 5.41) is 26.2. The summed E-state index contributed by atoms with van der Waals surface area (Å²) in [4.78, 5) is 0. The smallest absolute Gasteiger partial charge is 0.0540 e. The van der Waals surface area contributed by atoms with Gasteiger partial charge in [-0.1, -0.05) is 149 Å². The Morgan fingerprint density at radius 2 is 0.541 bits per heavy atom. The second-order valence-electron chi connectivity index (χ2n) is 11.1. The zero-order chi connectivity index (χ0) is 27.0. The summed E-state index contributed by atoms with van der Waals surface area (Å²) < 4.78 is 0. The summed E-state index contributed by atoms with van der Waals surface area (Å²) in [6, 6.07) is 0. The van der Waals surface area contributed by atoms with Crippen LogP contribution in [0.3, 0.4) is 0 Å². The molecule has 0 aromatic heterocycles. The fourth-order valence-electron chi connectivity index (χ4n) is 4.06. The van der Waals surface area contributed by atoms with E-state index in [4.69, 9.17) is 10.2 Å². The summed E-state index contributed by atoms with van der Waals surface area (Å²) >= 11 is 0. The van der Waals surface area contributed by atoms with Crippen LogP contribution in [0.2, 0.25) is 0 Å². The van der Waals surface area contributed by atoms with Crippen LogP contribution in [0, 0.1) is 0 Å². The zero-order valence-electron chi connectivity index (χ0n) is 26.3. The average Bonchev–Trinajstić information content (AvgIpc) is 2.78. The van der Waals surface area contributed by atoms with E-state index in [1.165, 1.54) is 135 Å². The first-order valence-electron chi connectivity index (χ1n) is 15.8. The van der Waals surface area contributed by atoms with Crippen molar-refractivity contribution in [3.8, 4) is 0 Å². The van der Waals surface area contributed by atoms with Crippen LogP contribution in [0.4, 0.5) is 0 Å². The molecule has 0 fully saturated rings. The van der Waals surface area contributed by atoms with Crippen LogP contribution >= 0.6 is 0 Å². The van der Waals surface area contributed by atoms with E-state index in [1.54, 1.807) is 27.7 Å². The molecule has 0 spiro atoms. The van der Waals surface area contributed by atoms with E-state index in [0.717, 1.165) is 12.8 Å². The maximum Gasteiger partial charge on any atom is 0.0540 e. The third-order valence-corrected chi connectivity index (χ3v) is 6.03. The van der Waals surface area contributed by atoms with Gasteiger partial charge >= 0.3 is 0 Å². The van der Waals surface area contributed by atoms with E-state index < -0.39 is 0 Å². The molecular weight excluding hydrogens is 496 g/mol. The third kappa shape index (κ3) is 66.8. The van der Waals surface area contributed by atoms with E-state index in [9.17, 15) is 5.11 Å². The Morgan fingerprint density at radius 3 is 0.730 bits per heavy atom. The Labute approximate surface area is 249 Å². The second kappa shape index (κ2) is 43.6. The SMILES string of the molecule is CC(C)O.CC(C)O.CCCCCCCCCCCCCC(O)CCCCCCCCCCCC.O.[Ti]. The van der Waals surface area contributed by atoms with Crippen molar-refractivity contribution in [3.05, 3.63) is 0 Å². The van der Waals surface area contributed by atoms with Crippen LogP contribution < -0.4 is 0 Å². The van der Waals surface area contributed by atoms with Crippen LogP contribution in [0.15, 0.2) is 0 Å². The summed E-state index contributed by atoms with van der Waals surface area (Å²) in [6.07, 6.45) is 30.8. The Morgan fingerprint density at radius 1 is 0.378 bits per heavy atom. The van der Waals surface area contributed by atoms with Crippen molar-refractivity contribution in [1.29, 1.82) is 0 Å². The largest absolute Gasteiger partial charge is 0.412 e. The molecule has 0 heterocycles. The van der Waals surface area contributed by atoms with E-state index in [2.05, 4.69) is 13.8 Å². The van der Waals surface area contributed by atoms with Gasteiger partial charge in [0.15, 0.2) is 0 Å². The molecule has 0 aromatic rings. The van der Waals surface area contributed by atoms with E-state index >= 15 is 0 Å². The summed E-state index contributed by atoms with van der Waals surface area (Å²) in [5.41, 5.74) is 0. The van der Waals surface area contributed by atoms with Gasteiger partial charge in [-0.3, -0.25) is 0 Å². The van der Waals surface area contributed by atoms with Crippen LogP contribution in [-0.2, 0) is 21.7 Å². The summed E-state index contributed by atoms with van der Waals surface area (Å²) in [5.74, 6) is 0. The standard InChI is InChI=1S/C26H54O.2C3H8O.H2O.Ti/c1-3-5-7-9-11-13-15-17-19-21-23-25-26(27)24-22-20-18-16-14-12-10-8-6-4-2;2*1-3(2)4;;/h26-27H,3-25H2,1-2H3;2*3-4H,1-2H3;1H2;. The van der Waals surface area contributed by atoms with Gasteiger partial charge in [0.25, 0.3) is 0 Å². The first-order chi connectivity index (χ1) is 16.8. The van der Waals surface area contributed by atoms with Gasteiger partial charge < -0.3 is 20.8 Å². The Bertz CT molecular complexity index is 329. The number of unbranched alkanes of at least 4 members (excludes halogenated alkanes) is 19. The molecule has 0 bridgehead atoms. The predicted octanol–water partition coefficient (Wildman–Crippen LogP) is 9.31. The predicted molar refractivity (Wildman–Crippen MR) is 162 cm³/mol. The van der Waals surface area contributed by atoms with Gasteiger partial charge in [-0.25, -0.2) is 0 Å². The Kier molecular flexibility index (Phi) is 55.8. The number of hydrogen-bond acceptors (Lipinski definition) is 3. The van der Waals surface area contributed by atoms with Gasteiger partial charge in [-0.05, 0) is 40.5 Å². The Hall–Kier alpha value is 0.554. The van der Waals surface area contributed by atoms with Crippen molar-refractivity contribution in [3.63, 3.8) is 0 Å². The summed E-state index contributed by atoms with van der Waals surface area (Å²) in [7, 11) is 0. The molecule has 0 aliphatic rings. The molecule has 0 aliphatic heterocycles. The zero-order valence-corrected chi connectivity index (χ0v) is 27.9. The molecule has 0 aromatic carbocycles. The van der Waals surface area contributed by atoms with Crippen molar-refractivity contribution in [2.75, 3.05) is 0 Å². The van der Waals surface area contributed by atoms with E-state index in [0.29, 0.717) is 0 Å². The molecule has 0 saturated heterocycles. The van der Waals surface area contributed by atoms with Gasteiger partial charge in [0.2, 0.25) is 0 Å². The molecule has 0 saturated carbocycles. The van der Waals surface area contributed by atoms with Gasteiger partial charge in [0.05, 0.1) is 6.10 Å². The maximum absolute atomic E-state index is 10.1. The molecular formula is C32H72O4Ti. The molecule has 0 amide bonds. The van der Waals surface area contributed by atoms with Crippen LogP contribution in [0.25, 0.3) is 0 Å². The first-order valence-corrected chi connectivity index (χ1v) is 15.8. The van der Waals surface area contributed by atoms with Crippen LogP contribution in [-0.4, -0.2) is 39.1 Å². The molecule has 0 radical (unpaired) electrons. The molecule has 4 nitrogen and oxygen atoms in total. The average molecular weight is 569 g/mol. The Balaban J connectivity index is -0.000000297. The fraction of sp³-hybridized carbons (Fsp3) is 1.00. The normalized spacial score (nSPS) is 11.1. The van der Waals surface area contributed by atoms with Gasteiger partial charge in [-0.2, -0.15) is 0 Å².